The number of hydrogen-bond acceptors (Lipinski definition) is 6. The third-order valence-corrected chi connectivity index (χ3v) is 6.00. The van der Waals surface area contributed by atoms with Crippen molar-refractivity contribution in [1.82, 2.24) is 19.7 Å². The van der Waals surface area contributed by atoms with Gasteiger partial charge in [0.05, 0.1) is 23.3 Å². The minimum absolute atomic E-state index is 0.0127. The highest BCUT2D eigenvalue weighted by atomic mass is 35.5. The number of rotatable bonds is 6. The Bertz CT molecular complexity index is 857. The van der Waals surface area contributed by atoms with Gasteiger partial charge in [0, 0.05) is 25.7 Å². The Kier molecular flexibility index (Phi) is 6.96. The zero-order valence-electron chi connectivity index (χ0n) is 15.9. The van der Waals surface area contributed by atoms with Crippen LogP contribution in [0.3, 0.4) is 0 Å². The van der Waals surface area contributed by atoms with Crippen LogP contribution < -0.4 is 0 Å². The van der Waals surface area contributed by atoms with E-state index in [0.29, 0.717) is 35.7 Å². The number of nitrogens with zero attached hydrogens (tertiary/aromatic N) is 4. The summed E-state index contributed by atoms with van der Waals surface area (Å²) in [4.78, 5) is 26.3. The summed E-state index contributed by atoms with van der Waals surface area (Å²) in [6, 6.07) is 7.44. The molecule has 0 aliphatic carbocycles. The number of halogens is 1. The second-order valence-electron chi connectivity index (χ2n) is 6.56. The van der Waals surface area contributed by atoms with E-state index >= 15 is 0 Å². The molecule has 150 valence electrons. The molecular formula is C19H23ClN4O3S. The van der Waals surface area contributed by atoms with Crippen LogP contribution in [0.15, 0.2) is 29.4 Å². The molecule has 1 aromatic heterocycles. The lowest BCUT2D eigenvalue weighted by molar-refractivity contribution is -0.151. The number of piperidine rings is 1. The summed E-state index contributed by atoms with van der Waals surface area (Å²) in [5.74, 6) is 0.432. The van der Waals surface area contributed by atoms with Gasteiger partial charge in [-0.05, 0) is 31.9 Å². The summed E-state index contributed by atoms with van der Waals surface area (Å²) in [6.07, 6.45) is 1.57. The van der Waals surface area contributed by atoms with Crippen LogP contribution in [0.1, 0.15) is 19.8 Å². The van der Waals surface area contributed by atoms with Crippen molar-refractivity contribution in [3.8, 4) is 11.4 Å². The van der Waals surface area contributed by atoms with Gasteiger partial charge in [-0.25, -0.2) is 0 Å². The smallest absolute Gasteiger partial charge is 0.310 e. The molecule has 3 rings (SSSR count). The summed E-state index contributed by atoms with van der Waals surface area (Å²) in [5, 5.41) is 9.65. The highest BCUT2D eigenvalue weighted by Crippen LogP contribution is 2.28. The molecule has 1 atom stereocenters. The number of aromatic nitrogens is 3. The molecule has 7 nitrogen and oxygen atoms in total. The molecule has 1 aromatic carbocycles. The van der Waals surface area contributed by atoms with Gasteiger partial charge in [-0.2, -0.15) is 0 Å². The van der Waals surface area contributed by atoms with Gasteiger partial charge in [0.25, 0.3) is 0 Å². The number of esters is 1. The molecular weight excluding hydrogens is 400 g/mol. The lowest BCUT2D eigenvalue weighted by Crippen LogP contribution is -2.43. The van der Waals surface area contributed by atoms with Crippen LogP contribution in [-0.2, 0) is 21.4 Å². The fourth-order valence-corrected chi connectivity index (χ4v) is 4.23. The Morgan fingerprint density at radius 2 is 2.11 bits per heavy atom. The Balaban J connectivity index is 1.61. The van der Waals surface area contributed by atoms with Crippen LogP contribution >= 0.6 is 23.4 Å². The molecule has 0 radical (unpaired) electrons. The minimum atomic E-state index is -0.232. The largest absolute Gasteiger partial charge is 0.466 e. The van der Waals surface area contributed by atoms with E-state index in [1.807, 2.05) is 29.8 Å². The van der Waals surface area contributed by atoms with Crippen molar-refractivity contribution in [2.45, 2.75) is 24.9 Å². The van der Waals surface area contributed by atoms with Crippen molar-refractivity contribution >= 4 is 35.2 Å². The number of thioether (sulfide) groups is 1. The van der Waals surface area contributed by atoms with Crippen LogP contribution in [0.25, 0.3) is 11.4 Å². The number of likely N-dealkylation sites (tertiary alicyclic amines) is 1. The number of hydrogen-bond donors (Lipinski definition) is 0. The van der Waals surface area contributed by atoms with E-state index in [-0.39, 0.29) is 23.5 Å². The van der Waals surface area contributed by atoms with E-state index < -0.39 is 0 Å². The topological polar surface area (TPSA) is 77.3 Å². The van der Waals surface area contributed by atoms with E-state index in [1.54, 1.807) is 17.9 Å². The molecule has 2 heterocycles. The van der Waals surface area contributed by atoms with Crippen molar-refractivity contribution in [3.05, 3.63) is 29.3 Å². The van der Waals surface area contributed by atoms with Crippen molar-refractivity contribution in [1.29, 1.82) is 0 Å². The monoisotopic (exact) mass is 422 g/mol. The predicted molar refractivity (Wildman–Crippen MR) is 108 cm³/mol. The van der Waals surface area contributed by atoms with Gasteiger partial charge in [0.1, 0.15) is 0 Å². The third kappa shape index (κ3) is 4.67. The fraction of sp³-hybridized carbons (Fsp3) is 0.474. The molecule has 0 unspecified atom stereocenters. The molecule has 1 aliphatic rings. The average Bonchev–Trinajstić information content (AvgIpc) is 3.07. The van der Waals surface area contributed by atoms with Gasteiger partial charge in [-0.3, -0.25) is 9.59 Å². The highest BCUT2D eigenvalue weighted by Gasteiger charge is 2.29. The standard InChI is InChI=1S/C19H23ClN4O3S/c1-3-27-18(26)13-7-6-10-24(11-13)16(25)12-28-19-22-21-17(23(19)2)14-8-4-5-9-15(14)20/h4-5,8-9,13H,3,6-7,10-12H2,1-2H3/t13-/m1/s1. The second kappa shape index (κ2) is 9.43. The summed E-state index contributed by atoms with van der Waals surface area (Å²) in [5.41, 5.74) is 0.797. The zero-order chi connectivity index (χ0) is 20.1. The van der Waals surface area contributed by atoms with E-state index in [2.05, 4.69) is 10.2 Å². The van der Waals surface area contributed by atoms with Crippen molar-refractivity contribution in [3.63, 3.8) is 0 Å². The third-order valence-electron chi connectivity index (χ3n) is 4.67. The van der Waals surface area contributed by atoms with Crippen LogP contribution in [0.2, 0.25) is 5.02 Å². The SMILES string of the molecule is CCOC(=O)[C@@H]1CCCN(C(=O)CSc2nnc(-c3ccccc3Cl)n2C)C1. The molecule has 0 saturated carbocycles. The Hall–Kier alpha value is -2.06. The maximum absolute atomic E-state index is 12.6. The molecule has 1 amide bonds. The van der Waals surface area contributed by atoms with Crippen LogP contribution in [0.5, 0.6) is 0 Å². The number of ether oxygens (including phenoxy) is 1. The van der Waals surface area contributed by atoms with Crippen molar-refractivity contribution in [2.24, 2.45) is 13.0 Å². The van der Waals surface area contributed by atoms with Crippen molar-refractivity contribution < 1.29 is 14.3 Å². The molecule has 1 saturated heterocycles. The molecule has 0 spiro atoms. The van der Waals surface area contributed by atoms with E-state index in [9.17, 15) is 9.59 Å². The van der Waals surface area contributed by atoms with Gasteiger partial charge >= 0.3 is 5.97 Å². The second-order valence-corrected chi connectivity index (χ2v) is 7.91. The number of carbonyl (C=O) groups excluding carboxylic acids is 2. The molecule has 1 fully saturated rings. The van der Waals surface area contributed by atoms with Gasteiger partial charge in [0.2, 0.25) is 5.91 Å². The normalized spacial score (nSPS) is 16.8. The molecule has 1 aliphatic heterocycles. The van der Waals surface area contributed by atoms with Gasteiger partial charge in [-0.1, -0.05) is 35.5 Å². The number of benzene rings is 1. The van der Waals surface area contributed by atoms with Gasteiger partial charge in [-0.15, -0.1) is 10.2 Å². The summed E-state index contributed by atoms with van der Waals surface area (Å²) >= 11 is 7.57. The highest BCUT2D eigenvalue weighted by molar-refractivity contribution is 7.99. The Labute approximate surface area is 173 Å². The number of carbonyl (C=O) groups is 2. The number of amides is 1. The van der Waals surface area contributed by atoms with Crippen LogP contribution in [0.4, 0.5) is 0 Å². The Morgan fingerprint density at radius 1 is 1.32 bits per heavy atom. The lowest BCUT2D eigenvalue weighted by atomic mass is 9.98. The molecule has 0 bridgehead atoms. The average molecular weight is 423 g/mol. The summed E-state index contributed by atoms with van der Waals surface area (Å²) in [7, 11) is 1.85. The summed E-state index contributed by atoms with van der Waals surface area (Å²) in [6.45, 7) is 3.23. The molecule has 28 heavy (non-hydrogen) atoms. The fourth-order valence-electron chi connectivity index (χ4n) is 3.19. The van der Waals surface area contributed by atoms with Gasteiger partial charge in [0.15, 0.2) is 11.0 Å². The molecule has 0 N–H and O–H groups in total. The summed E-state index contributed by atoms with van der Waals surface area (Å²) < 4.78 is 6.92. The zero-order valence-corrected chi connectivity index (χ0v) is 17.5. The van der Waals surface area contributed by atoms with Crippen LogP contribution in [0, 0.1) is 5.92 Å². The lowest BCUT2D eigenvalue weighted by Gasteiger charge is -2.31. The first kappa shape index (κ1) is 20.7. The predicted octanol–water partition coefficient (Wildman–Crippen LogP) is 3.03. The van der Waals surface area contributed by atoms with E-state index in [4.69, 9.17) is 16.3 Å². The molecule has 2 aromatic rings. The van der Waals surface area contributed by atoms with Crippen LogP contribution in [-0.4, -0.2) is 57.0 Å². The minimum Gasteiger partial charge on any atom is -0.466 e. The van der Waals surface area contributed by atoms with E-state index in [0.717, 1.165) is 18.4 Å². The maximum Gasteiger partial charge on any atom is 0.310 e. The first-order valence-electron chi connectivity index (χ1n) is 9.22. The first-order valence-corrected chi connectivity index (χ1v) is 10.6. The maximum atomic E-state index is 12.6. The first-order chi connectivity index (χ1) is 13.5. The van der Waals surface area contributed by atoms with Gasteiger partial charge < -0.3 is 14.2 Å². The van der Waals surface area contributed by atoms with Crippen molar-refractivity contribution in [2.75, 3.05) is 25.4 Å². The van der Waals surface area contributed by atoms with E-state index in [1.165, 1.54) is 11.8 Å². The molecule has 9 heteroatoms. The quantitative estimate of drug-likeness (QED) is 0.526. The Morgan fingerprint density at radius 3 is 2.86 bits per heavy atom.